The van der Waals surface area contributed by atoms with Gasteiger partial charge in [0.15, 0.2) is 12.4 Å². The summed E-state index contributed by atoms with van der Waals surface area (Å²) in [6, 6.07) is 18.5. The first-order valence-corrected chi connectivity index (χ1v) is 9.34. The Bertz CT molecular complexity index is 1070. The fraction of sp³-hybridized carbons (Fsp3) is 0.0909. The van der Waals surface area contributed by atoms with Crippen LogP contribution in [0.3, 0.4) is 0 Å². The van der Waals surface area contributed by atoms with Crippen LogP contribution in [0.2, 0.25) is 5.02 Å². The van der Waals surface area contributed by atoms with Crippen LogP contribution in [-0.2, 0) is 15.8 Å². The Balaban J connectivity index is 1.62. The second-order valence-electron chi connectivity index (χ2n) is 6.20. The molecule has 1 N–H and O–H groups in total. The van der Waals surface area contributed by atoms with Crippen LogP contribution in [-0.4, -0.2) is 18.7 Å². The molecule has 0 aliphatic rings. The van der Waals surface area contributed by atoms with E-state index < -0.39 is 24.3 Å². The summed E-state index contributed by atoms with van der Waals surface area (Å²) in [5.74, 6) is 0.317. The number of benzene rings is 3. The van der Waals surface area contributed by atoms with Crippen molar-refractivity contribution in [3.63, 3.8) is 0 Å². The molecular weight excluding hydrogens is 433 g/mol. The van der Waals surface area contributed by atoms with Crippen molar-refractivity contribution in [3.8, 4) is 11.5 Å². The van der Waals surface area contributed by atoms with E-state index in [0.717, 1.165) is 12.3 Å². The van der Waals surface area contributed by atoms with Gasteiger partial charge in [-0.05, 0) is 36.4 Å². The number of carbonyl (C=O) groups is 1. The van der Waals surface area contributed by atoms with Crippen molar-refractivity contribution in [2.45, 2.75) is 6.18 Å². The SMILES string of the molecule is O=C(CON=Cc1ccccc1C(F)(F)F)Nc1cc(Cl)ccc1Oc1ccccc1. The van der Waals surface area contributed by atoms with E-state index in [0.29, 0.717) is 22.2 Å². The van der Waals surface area contributed by atoms with Gasteiger partial charge in [0.05, 0.1) is 17.5 Å². The monoisotopic (exact) mass is 448 g/mol. The molecule has 0 atom stereocenters. The summed E-state index contributed by atoms with van der Waals surface area (Å²) in [5, 5.41) is 6.41. The van der Waals surface area contributed by atoms with Crippen molar-refractivity contribution in [2.75, 3.05) is 11.9 Å². The van der Waals surface area contributed by atoms with E-state index >= 15 is 0 Å². The van der Waals surface area contributed by atoms with Crippen molar-refractivity contribution in [1.29, 1.82) is 0 Å². The van der Waals surface area contributed by atoms with Gasteiger partial charge >= 0.3 is 6.18 Å². The van der Waals surface area contributed by atoms with Crippen LogP contribution in [0.15, 0.2) is 78.0 Å². The molecular formula is C22H16ClF3N2O3. The average molecular weight is 449 g/mol. The maximum atomic E-state index is 13.0. The summed E-state index contributed by atoms with van der Waals surface area (Å²) in [7, 11) is 0. The summed E-state index contributed by atoms with van der Waals surface area (Å²) >= 11 is 6.00. The standard InChI is InChI=1S/C22H16ClF3N2O3/c23-16-10-11-20(31-17-7-2-1-3-8-17)19(12-16)28-21(29)14-30-27-13-15-6-4-5-9-18(15)22(24,25)26/h1-13H,14H2,(H,28,29). The molecule has 160 valence electrons. The number of anilines is 1. The molecule has 0 radical (unpaired) electrons. The molecule has 31 heavy (non-hydrogen) atoms. The number of amides is 1. The highest BCUT2D eigenvalue weighted by atomic mass is 35.5. The summed E-state index contributed by atoms with van der Waals surface area (Å²) in [6.07, 6.45) is -3.62. The molecule has 3 rings (SSSR count). The molecule has 3 aromatic rings. The number of hydrogen-bond acceptors (Lipinski definition) is 4. The molecule has 0 saturated heterocycles. The Kier molecular flexibility index (Phi) is 7.15. The van der Waals surface area contributed by atoms with Crippen molar-refractivity contribution in [2.24, 2.45) is 5.16 Å². The van der Waals surface area contributed by atoms with Crippen LogP contribution >= 0.6 is 11.6 Å². The molecule has 0 aromatic heterocycles. The third-order valence-electron chi connectivity index (χ3n) is 3.91. The Morgan fingerprint density at radius 1 is 1.03 bits per heavy atom. The quantitative estimate of drug-likeness (QED) is 0.349. The Morgan fingerprint density at radius 2 is 1.74 bits per heavy atom. The van der Waals surface area contributed by atoms with Gasteiger partial charge in [-0.1, -0.05) is 53.2 Å². The summed E-state index contributed by atoms with van der Waals surface area (Å²) in [4.78, 5) is 17.0. The first-order chi connectivity index (χ1) is 14.8. The number of ether oxygens (including phenoxy) is 1. The molecule has 0 aliphatic heterocycles. The lowest BCUT2D eigenvalue weighted by atomic mass is 10.1. The Labute approximate surface area is 181 Å². The van der Waals surface area contributed by atoms with Crippen molar-refractivity contribution in [3.05, 3.63) is 88.9 Å². The Hall–Kier alpha value is -3.52. The molecule has 0 heterocycles. The third-order valence-corrected chi connectivity index (χ3v) is 4.15. The largest absolute Gasteiger partial charge is 0.455 e. The number of carbonyl (C=O) groups excluding carboxylic acids is 1. The van der Waals surface area contributed by atoms with Crippen LogP contribution in [0.5, 0.6) is 11.5 Å². The molecule has 0 unspecified atom stereocenters. The lowest BCUT2D eigenvalue weighted by Gasteiger charge is -2.12. The van der Waals surface area contributed by atoms with E-state index in [-0.39, 0.29) is 5.56 Å². The highest BCUT2D eigenvalue weighted by Gasteiger charge is 2.32. The molecule has 0 fully saturated rings. The second kappa shape index (κ2) is 9.99. The van der Waals surface area contributed by atoms with Gasteiger partial charge in [0.25, 0.3) is 5.91 Å². The molecule has 0 bridgehead atoms. The minimum atomic E-state index is -4.53. The number of nitrogens with one attached hydrogen (secondary N) is 1. The van der Waals surface area contributed by atoms with E-state index in [2.05, 4.69) is 10.5 Å². The fourth-order valence-electron chi connectivity index (χ4n) is 2.55. The number of oxime groups is 1. The maximum Gasteiger partial charge on any atom is 0.417 e. The number of rotatable bonds is 7. The van der Waals surface area contributed by atoms with E-state index in [4.69, 9.17) is 21.2 Å². The normalized spacial score (nSPS) is 11.4. The summed E-state index contributed by atoms with van der Waals surface area (Å²) in [6.45, 7) is -0.526. The van der Waals surface area contributed by atoms with Gasteiger partial charge in [0.2, 0.25) is 0 Å². The molecule has 0 spiro atoms. The maximum absolute atomic E-state index is 13.0. The highest BCUT2D eigenvalue weighted by Crippen LogP contribution is 2.32. The molecule has 1 amide bonds. The second-order valence-corrected chi connectivity index (χ2v) is 6.63. The smallest absolute Gasteiger partial charge is 0.417 e. The zero-order valence-electron chi connectivity index (χ0n) is 15.9. The zero-order chi connectivity index (χ0) is 22.3. The summed E-state index contributed by atoms with van der Waals surface area (Å²) < 4.78 is 44.6. The van der Waals surface area contributed by atoms with Gasteiger partial charge in [-0.2, -0.15) is 13.2 Å². The van der Waals surface area contributed by atoms with Gasteiger partial charge < -0.3 is 14.9 Å². The van der Waals surface area contributed by atoms with Crippen molar-refractivity contribution < 1.29 is 27.5 Å². The van der Waals surface area contributed by atoms with E-state index in [9.17, 15) is 18.0 Å². The molecule has 9 heteroatoms. The lowest BCUT2D eigenvalue weighted by molar-refractivity contribution is -0.137. The molecule has 0 saturated carbocycles. The van der Waals surface area contributed by atoms with Gasteiger partial charge in [-0.25, -0.2) is 0 Å². The van der Waals surface area contributed by atoms with Crippen LogP contribution in [0.25, 0.3) is 0 Å². The van der Waals surface area contributed by atoms with Crippen LogP contribution in [0.4, 0.5) is 18.9 Å². The van der Waals surface area contributed by atoms with Crippen LogP contribution < -0.4 is 10.1 Å². The van der Waals surface area contributed by atoms with Crippen LogP contribution in [0, 0.1) is 0 Å². The number of para-hydroxylation sites is 1. The van der Waals surface area contributed by atoms with Gasteiger partial charge in [0, 0.05) is 10.6 Å². The van der Waals surface area contributed by atoms with Crippen molar-refractivity contribution in [1.82, 2.24) is 0 Å². The van der Waals surface area contributed by atoms with Crippen LogP contribution in [0.1, 0.15) is 11.1 Å². The molecule has 0 aliphatic carbocycles. The first-order valence-electron chi connectivity index (χ1n) is 8.97. The minimum Gasteiger partial charge on any atom is -0.455 e. The zero-order valence-corrected chi connectivity index (χ0v) is 16.7. The fourth-order valence-corrected chi connectivity index (χ4v) is 2.72. The topological polar surface area (TPSA) is 59.9 Å². The van der Waals surface area contributed by atoms with Gasteiger partial charge in [0.1, 0.15) is 5.75 Å². The van der Waals surface area contributed by atoms with Gasteiger partial charge in [-0.3, -0.25) is 4.79 Å². The predicted molar refractivity (Wildman–Crippen MR) is 112 cm³/mol. The number of halogens is 4. The lowest BCUT2D eigenvalue weighted by Crippen LogP contribution is -2.17. The first kappa shape index (κ1) is 22.2. The molecule has 3 aromatic carbocycles. The van der Waals surface area contributed by atoms with E-state index in [1.54, 1.807) is 36.4 Å². The highest BCUT2D eigenvalue weighted by molar-refractivity contribution is 6.31. The third kappa shape index (κ3) is 6.48. The van der Waals surface area contributed by atoms with E-state index in [1.807, 2.05) is 6.07 Å². The molecule has 5 nitrogen and oxygen atoms in total. The van der Waals surface area contributed by atoms with Crippen molar-refractivity contribution >= 4 is 29.4 Å². The van der Waals surface area contributed by atoms with Gasteiger partial charge in [-0.15, -0.1) is 0 Å². The number of alkyl halides is 3. The number of hydrogen-bond donors (Lipinski definition) is 1. The predicted octanol–water partition coefficient (Wildman–Crippen LogP) is 6.14. The average Bonchev–Trinajstić information content (AvgIpc) is 2.73. The minimum absolute atomic E-state index is 0.177. The number of nitrogens with zero attached hydrogens (tertiary/aromatic N) is 1. The van der Waals surface area contributed by atoms with E-state index in [1.165, 1.54) is 24.3 Å². The Morgan fingerprint density at radius 3 is 2.48 bits per heavy atom. The summed E-state index contributed by atoms with van der Waals surface area (Å²) in [5.41, 5.74) is -0.728.